The van der Waals surface area contributed by atoms with Crippen LogP contribution in [0.5, 0.6) is 0 Å². The van der Waals surface area contributed by atoms with Crippen LogP contribution in [0.3, 0.4) is 0 Å². The predicted octanol–water partition coefficient (Wildman–Crippen LogP) is 2.11. The van der Waals surface area contributed by atoms with E-state index in [1.165, 1.54) is 12.1 Å². The van der Waals surface area contributed by atoms with Gasteiger partial charge in [-0.1, -0.05) is 13.8 Å². The van der Waals surface area contributed by atoms with Crippen LogP contribution in [-0.2, 0) is 6.54 Å². The average Bonchev–Trinajstić information content (AvgIpc) is 2.73. The number of nitrogens with zero attached hydrogens (tertiary/aromatic N) is 4. The Morgan fingerprint density at radius 1 is 1.42 bits per heavy atom. The minimum atomic E-state index is -0.378. The van der Waals surface area contributed by atoms with Crippen molar-refractivity contribution in [2.24, 2.45) is 11.3 Å². The Labute approximate surface area is 110 Å². The molecule has 1 unspecified atom stereocenters. The summed E-state index contributed by atoms with van der Waals surface area (Å²) in [6, 6.07) is 4.36. The lowest BCUT2D eigenvalue weighted by Gasteiger charge is -2.07. The molecular formula is C13H16FN5. The second-order valence-corrected chi connectivity index (χ2v) is 5.85. The number of nitrogen functional groups attached to an aromatic ring is 1. The Bertz CT molecular complexity index is 599. The van der Waals surface area contributed by atoms with Gasteiger partial charge in [-0.15, -0.1) is 5.10 Å². The van der Waals surface area contributed by atoms with Crippen molar-refractivity contribution in [2.45, 2.75) is 26.8 Å². The van der Waals surface area contributed by atoms with E-state index in [2.05, 4.69) is 29.4 Å². The normalized spacial score (nSPS) is 20.5. The van der Waals surface area contributed by atoms with Crippen LogP contribution >= 0.6 is 0 Å². The zero-order valence-electron chi connectivity index (χ0n) is 11.0. The number of benzene rings is 1. The zero-order chi connectivity index (χ0) is 13.6. The molecule has 1 heterocycles. The zero-order valence-corrected chi connectivity index (χ0v) is 11.0. The number of halogens is 1. The fourth-order valence-electron chi connectivity index (χ4n) is 2.37. The summed E-state index contributed by atoms with van der Waals surface area (Å²) < 4.78 is 15.1. The summed E-state index contributed by atoms with van der Waals surface area (Å²) in [6.45, 7) is 5.20. The molecule has 3 rings (SSSR count). The molecule has 6 heteroatoms. The van der Waals surface area contributed by atoms with Gasteiger partial charge in [0.15, 0.2) is 5.82 Å². The van der Waals surface area contributed by atoms with Gasteiger partial charge in [-0.2, -0.15) is 0 Å². The Morgan fingerprint density at radius 3 is 2.79 bits per heavy atom. The van der Waals surface area contributed by atoms with E-state index >= 15 is 0 Å². The van der Waals surface area contributed by atoms with Gasteiger partial charge < -0.3 is 5.73 Å². The molecule has 1 aliphatic carbocycles. The van der Waals surface area contributed by atoms with Crippen molar-refractivity contribution < 1.29 is 4.39 Å². The Balaban J connectivity index is 1.91. The van der Waals surface area contributed by atoms with Crippen LogP contribution in [0.2, 0.25) is 0 Å². The molecule has 1 saturated carbocycles. The van der Waals surface area contributed by atoms with E-state index in [4.69, 9.17) is 5.73 Å². The number of hydrogen-bond acceptors (Lipinski definition) is 4. The smallest absolute Gasteiger partial charge is 0.182 e. The minimum Gasteiger partial charge on any atom is -0.399 e. The molecule has 0 saturated heterocycles. The Morgan fingerprint density at radius 2 is 2.16 bits per heavy atom. The third kappa shape index (κ3) is 2.30. The highest BCUT2D eigenvalue weighted by Crippen LogP contribution is 2.52. The van der Waals surface area contributed by atoms with Gasteiger partial charge in [-0.25, -0.2) is 9.07 Å². The van der Waals surface area contributed by atoms with Crippen LogP contribution < -0.4 is 5.73 Å². The van der Waals surface area contributed by atoms with Gasteiger partial charge in [0, 0.05) is 17.8 Å². The monoisotopic (exact) mass is 261 g/mol. The third-order valence-electron chi connectivity index (χ3n) is 3.82. The van der Waals surface area contributed by atoms with E-state index in [0.29, 0.717) is 28.4 Å². The lowest BCUT2D eigenvalue weighted by molar-refractivity contribution is 0.467. The fourth-order valence-corrected chi connectivity index (χ4v) is 2.37. The molecule has 1 atom stereocenters. The number of aromatic nitrogens is 4. The summed E-state index contributed by atoms with van der Waals surface area (Å²) in [5.74, 6) is 0.755. The fraction of sp³-hybridized carbons (Fsp3) is 0.462. The van der Waals surface area contributed by atoms with E-state index in [0.717, 1.165) is 13.0 Å². The Kier molecular flexibility index (Phi) is 2.55. The molecule has 0 spiro atoms. The first-order chi connectivity index (χ1) is 8.95. The maximum Gasteiger partial charge on any atom is 0.182 e. The first-order valence-electron chi connectivity index (χ1n) is 6.28. The molecule has 2 aromatic rings. The summed E-state index contributed by atoms with van der Waals surface area (Å²) in [7, 11) is 0. The van der Waals surface area contributed by atoms with Gasteiger partial charge in [0.2, 0.25) is 0 Å². The SMILES string of the molecule is CC1(C)CC1Cn1nnnc1-c1cc(N)cc(F)c1. The summed E-state index contributed by atoms with van der Waals surface area (Å²) in [4.78, 5) is 0. The van der Waals surface area contributed by atoms with E-state index in [9.17, 15) is 4.39 Å². The van der Waals surface area contributed by atoms with Crippen LogP contribution in [0, 0.1) is 17.2 Å². The highest BCUT2D eigenvalue weighted by molar-refractivity contribution is 5.61. The molecule has 1 aliphatic rings. The third-order valence-corrected chi connectivity index (χ3v) is 3.82. The number of tetrazole rings is 1. The van der Waals surface area contributed by atoms with Gasteiger partial charge in [-0.3, -0.25) is 0 Å². The number of anilines is 1. The van der Waals surface area contributed by atoms with Gasteiger partial charge >= 0.3 is 0 Å². The molecule has 1 aromatic carbocycles. The molecule has 0 amide bonds. The molecule has 1 fully saturated rings. The first-order valence-corrected chi connectivity index (χ1v) is 6.28. The summed E-state index contributed by atoms with van der Waals surface area (Å²) >= 11 is 0. The highest BCUT2D eigenvalue weighted by atomic mass is 19.1. The van der Waals surface area contributed by atoms with Crippen molar-refractivity contribution in [2.75, 3.05) is 5.73 Å². The predicted molar refractivity (Wildman–Crippen MR) is 69.5 cm³/mol. The number of hydrogen-bond donors (Lipinski definition) is 1. The first kappa shape index (κ1) is 12.1. The maximum atomic E-state index is 13.4. The van der Waals surface area contributed by atoms with Gasteiger partial charge in [-0.05, 0) is 46.4 Å². The van der Waals surface area contributed by atoms with E-state index in [-0.39, 0.29) is 5.82 Å². The van der Waals surface area contributed by atoms with Crippen molar-refractivity contribution in [3.05, 3.63) is 24.0 Å². The van der Waals surface area contributed by atoms with Crippen LogP contribution in [0.15, 0.2) is 18.2 Å². The molecular weight excluding hydrogens is 245 g/mol. The molecule has 100 valence electrons. The van der Waals surface area contributed by atoms with Crippen LogP contribution in [0.25, 0.3) is 11.4 Å². The largest absolute Gasteiger partial charge is 0.399 e. The van der Waals surface area contributed by atoms with Crippen molar-refractivity contribution in [3.63, 3.8) is 0 Å². The summed E-state index contributed by atoms with van der Waals surface area (Å²) in [5.41, 5.74) is 6.99. The molecule has 0 bridgehead atoms. The molecule has 0 aliphatic heterocycles. The standard InChI is InChI=1S/C13H16FN5/c1-13(2)6-9(13)7-19-12(16-17-18-19)8-3-10(14)5-11(15)4-8/h3-5,9H,6-7,15H2,1-2H3. The molecule has 19 heavy (non-hydrogen) atoms. The number of rotatable bonds is 3. The lowest BCUT2D eigenvalue weighted by Crippen LogP contribution is -2.07. The summed E-state index contributed by atoms with van der Waals surface area (Å²) in [6.07, 6.45) is 1.16. The second kappa shape index (κ2) is 4.01. The molecule has 2 N–H and O–H groups in total. The summed E-state index contributed by atoms with van der Waals surface area (Å²) in [5, 5.41) is 11.7. The average molecular weight is 261 g/mol. The minimum absolute atomic E-state index is 0.351. The lowest BCUT2D eigenvalue weighted by atomic mass is 10.1. The highest BCUT2D eigenvalue weighted by Gasteiger charge is 2.46. The molecule has 1 aromatic heterocycles. The van der Waals surface area contributed by atoms with Crippen LogP contribution in [0.4, 0.5) is 10.1 Å². The van der Waals surface area contributed by atoms with Gasteiger partial charge in [0.25, 0.3) is 0 Å². The van der Waals surface area contributed by atoms with Gasteiger partial charge in [0.1, 0.15) is 5.82 Å². The van der Waals surface area contributed by atoms with E-state index in [1.54, 1.807) is 10.7 Å². The Hall–Kier alpha value is -1.98. The molecule has 5 nitrogen and oxygen atoms in total. The molecule has 0 radical (unpaired) electrons. The van der Waals surface area contributed by atoms with Crippen molar-refractivity contribution in [3.8, 4) is 11.4 Å². The van der Waals surface area contributed by atoms with Gasteiger partial charge in [0.05, 0.1) is 0 Å². The maximum absolute atomic E-state index is 13.4. The van der Waals surface area contributed by atoms with Crippen molar-refractivity contribution in [1.82, 2.24) is 20.2 Å². The number of nitrogens with two attached hydrogens (primary N) is 1. The van der Waals surface area contributed by atoms with Crippen molar-refractivity contribution >= 4 is 5.69 Å². The van der Waals surface area contributed by atoms with Crippen molar-refractivity contribution in [1.29, 1.82) is 0 Å². The van der Waals surface area contributed by atoms with Crippen LogP contribution in [-0.4, -0.2) is 20.2 Å². The quantitative estimate of drug-likeness (QED) is 0.859. The van der Waals surface area contributed by atoms with E-state index < -0.39 is 0 Å². The van der Waals surface area contributed by atoms with Crippen LogP contribution in [0.1, 0.15) is 20.3 Å². The van der Waals surface area contributed by atoms with E-state index in [1.807, 2.05) is 0 Å². The second-order valence-electron chi connectivity index (χ2n) is 5.85. The topological polar surface area (TPSA) is 69.6 Å².